The summed E-state index contributed by atoms with van der Waals surface area (Å²) in [6, 6.07) is 15.3. The number of hydrogen-bond donors (Lipinski definition) is 2. The molecule has 3 aliphatic rings. The molecule has 1 saturated carbocycles. The number of piperidine rings is 1. The van der Waals surface area contributed by atoms with E-state index in [2.05, 4.69) is 15.6 Å². The van der Waals surface area contributed by atoms with Gasteiger partial charge in [0.25, 0.3) is 11.8 Å². The summed E-state index contributed by atoms with van der Waals surface area (Å²) in [5.41, 5.74) is 2.65. The van der Waals surface area contributed by atoms with Crippen molar-refractivity contribution < 1.29 is 42.6 Å². The average Bonchev–Trinajstić information content (AvgIpc) is 3.44. The second-order valence-corrected chi connectivity index (χ2v) is 14.4. The maximum Gasteiger partial charge on any atom is 0.266 e. The van der Waals surface area contributed by atoms with Crippen LogP contribution in [-0.2, 0) is 19.1 Å². The summed E-state index contributed by atoms with van der Waals surface area (Å²) in [5, 5.41) is 6.41. The van der Waals surface area contributed by atoms with Gasteiger partial charge in [0.2, 0.25) is 17.7 Å². The summed E-state index contributed by atoms with van der Waals surface area (Å²) in [6.07, 6.45) is 5.45. The molecule has 7 rings (SSSR count). The summed E-state index contributed by atoms with van der Waals surface area (Å²) >= 11 is 6.38. The van der Waals surface area contributed by atoms with Crippen molar-refractivity contribution in [2.75, 3.05) is 31.7 Å². The molecule has 14 heteroatoms. The van der Waals surface area contributed by atoms with Crippen LogP contribution in [-0.4, -0.2) is 71.9 Å². The van der Waals surface area contributed by atoms with Crippen molar-refractivity contribution in [1.82, 2.24) is 15.2 Å². The van der Waals surface area contributed by atoms with Gasteiger partial charge in [-0.05, 0) is 98.0 Å². The fourth-order valence-corrected chi connectivity index (χ4v) is 7.89. The zero-order valence-corrected chi connectivity index (χ0v) is 30.9. The summed E-state index contributed by atoms with van der Waals surface area (Å²) in [5.74, 6) is -1.90. The second-order valence-electron chi connectivity index (χ2n) is 14.0. The third kappa shape index (κ3) is 8.18. The molecule has 12 nitrogen and oxygen atoms in total. The van der Waals surface area contributed by atoms with Crippen molar-refractivity contribution in [1.29, 1.82) is 0 Å². The minimum absolute atomic E-state index is 0.0301. The summed E-state index contributed by atoms with van der Waals surface area (Å²) in [4.78, 5) is 68.8. The lowest BCUT2D eigenvalue weighted by atomic mass is 9.73. The van der Waals surface area contributed by atoms with Gasteiger partial charge in [-0.25, -0.2) is 4.39 Å². The highest BCUT2D eigenvalue weighted by Crippen LogP contribution is 2.41. The first-order valence-electron chi connectivity index (χ1n) is 18.4. The van der Waals surface area contributed by atoms with E-state index in [1.807, 2.05) is 13.0 Å². The Labute approximate surface area is 321 Å². The number of ether oxygens (including phenoxy) is 3. The molecule has 2 fully saturated rings. The smallest absolute Gasteiger partial charge is 0.266 e. The summed E-state index contributed by atoms with van der Waals surface area (Å²) < 4.78 is 31.3. The number of amides is 5. The predicted octanol–water partition coefficient (Wildman–Crippen LogP) is 6.45. The van der Waals surface area contributed by atoms with Gasteiger partial charge in [0.05, 0.1) is 34.9 Å². The lowest BCUT2D eigenvalue weighted by Gasteiger charge is -2.32. The van der Waals surface area contributed by atoms with Crippen LogP contribution >= 0.6 is 11.6 Å². The lowest BCUT2D eigenvalue weighted by Crippen LogP contribution is -2.54. The molecule has 55 heavy (non-hydrogen) atoms. The van der Waals surface area contributed by atoms with Gasteiger partial charge in [-0.1, -0.05) is 24.6 Å². The Bertz CT molecular complexity index is 2160. The molecule has 3 heterocycles. The first-order chi connectivity index (χ1) is 26.6. The van der Waals surface area contributed by atoms with Crippen molar-refractivity contribution in [2.24, 2.45) is 11.8 Å². The SMILES string of the molecule is C[C@@H](C(=O)Nc1ccc(Cl)c(OCCOCCOc2cccc3c2C(=O)N(C2CCC(=O)NC2=O)C3=O)c1)C1CCC(c2ccnc3ccc(F)cc23)CC1. The Morgan fingerprint density at radius 2 is 1.69 bits per heavy atom. The molecule has 1 aromatic heterocycles. The van der Waals surface area contributed by atoms with Crippen molar-refractivity contribution >= 4 is 57.7 Å². The minimum Gasteiger partial charge on any atom is -0.490 e. The fourth-order valence-electron chi connectivity index (χ4n) is 7.72. The van der Waals surface area contributed by atoms with Crippen LogP contribution in [0.25, 0.3) is 10.9 Å². The number of rotatable bonds is 13. The number of anilines is 1. The van der Waals surface area contributed by atoms with E-state index in [0.717, 1.165) is 47.0 Å². The molecule has 1 aliphatic carbocycles. The fraction of sp³-hybridized carbons (Fsp3) is 0.366. The van der Waals surface area contributed by atoms with E-state index in [9.17, 15) is 28.4 Å². The van der Waals surface area contributed by atoms with Crippen LogP contribution in [0.2, 0.25) is 5.02 Å². The Morgan fingerprint density at radius 3 is 2.45 bits per heavy atom. The zero-order valence-electron chi connectivity index (χ0n) is 30.1. The lowest BCUT2D eigenvalue weighted by molar-refractivity contribution is -0.136. The van der Waals surface area contributed by atoms with E-state index < -0.39 is 29.7 Å². The number of nitrogens with one attached hydrogen (secondary N) is 2. The molecule has 0 radical (unpaired) electrons. The van der Waals surface area contributed by atoms with Crippen LogP contribution < -0.4 is 20.1 Å². The highest BCUT2D eigenvalue weighted by atomic mass is 35.5. The van der Waals surface area contributed by atoms with Crippen molar-refractivity contribution in [2.45, 2.75) is 57.4 Å². The maximum absolute atomic E-state index is 14.0. The largest absolute Gasteiger partial charge is 0.490 e. The highest BCUT2D eigenvalue weighted by Gasteiger charge is 2.46. The van der Waals surface area contributed by atoms with Crippen LogP contribution in [0.15, 0.2) is 66.9 Å². The Morgan fingerprint density at radius 1 is 0.927 bits per heavy atom. The Kier molecular flexibility index (Phi) is 11.4. The van der Waals surface area contributed by atoms with Crippen LogP contribution in [0, 0.1) is 17.7 Å². The molecule has 2 atom stereocenters. The highest BCUT2D eigenvalue weighted by molar-refractivity contribution is 6.32. The van der Waals surface area contributed by atoms with Gasteiger partial charge in [0, 0.05) is 35.7 Å². The number of hydrogen-bond acceptors (Lipinski definition) is 9. The third-order valence-electron chi connectivity index (χ3n) is 10.7. The molecule has 0 bridgehead atoms. The molecule has 2 aliphatic heterocycles. The number of imide groups is 2. The standard InChI is InChI=1S/C41H40ClFN4O8/c1-23(24-5-7-25(8-6-24)28-15-16-44-32-12-9-26(43)21-30(28)32)38(49)45-27-10-11-31(42)35(22-27)55-20-18-53-17-19-54-34-4-2-3-29-37(34)41(52)47(40(29)51)33-13-14-36(48)46-39(33)50/h2-4,9-12,15-16,21-25,33H,5-8,13-14,17-20H2,1H3,(H,45,49)(H,46,48,50)/t23-,24?,25?,33?/m1/s1. The van der Waals surface area contributed by atoms with E-state index in [-0.39, 0.29) is 85.6 Å². The normalized spacial score (nSPS) is 20.3. The predicted molar refractivity (Wildman–Crippen MR) is 201 cm³/mol. The number of halogens is 2. The first kappa shape index (κ1) is 37.9. The number of carbonyl (C=O) groups excluding carboxylic acids is 5. The van der Waals surface area contributed by atoms with Gasteiger partial charge in [0.1, 0.15) is 36.6 Å². The maximum atomic E-state index is 14.0. The Balaban J connectivity index is 0.847. The van der Waals surface area contributed by atoms with Gasteiger partial charge in [-0.2, -0.15) is 0 Å². The van der Waals surface area contributed by atoms with Crippen LogP contribution in [0.5, 0.6) is 11.5 Å². The molecule has 286 valence electrons. The first-order valence-corrected chi connectivity index (χ1v) is 18.8. The Hall–Kier alpha value is -5.40. The molecule has 2 N–H and O–H groups in total. The van der Waals surface area contributed by atoms with Gasteiger partial charge in [-0.3, -0.25) is 39.2 Å². The topological polar surface area (TPSA) is 153 Å². The van der Waals surface area contributed by atoms with Crippen molar-refractivity contribution in [3.05, 3.63) is 94.4 Å². The van der Waals surface area contributed by atoms with Crippen molar-refractivity contribution in [3.8, 4) is 11.5 Å². The van der Waals surface area contributed by atoms with E-state index in [1.165, 1.54) is 12.1 Å². The number of fused-ring (bicyclic) bond motifs is 2. The quantitative estimate of drug-likeness (QED) is 0.115. The summed E-state index contributed by atoms with van der Waals surface area (Å²) in [7, 11) is 0. The average molecular weight is 771 g/mol. The number of benzene rings is 3. The minimum atomic E-state index is -1.07. The second kappa shape index (κ2) is 16.5. The molecular weight excluding hydrogens is 731 g/mol. The number of aromatic nitrogens is 1. The molecule has 5 amide bonds. The van der Waals surface area contributed by atoms with Gasteiger partial charge < -0.3 is 19.5 Å². The van der Waals surface area contributed by atoms with Crippen LogP contribution in [0.4, 0.5) is 10.1 Å². The van der Waals surface area contributed by atoms with Crippen molar-refractivity contribution in [3.63, 3.8) is 0 Å². The molecule has 0 spiro atoms. The molecule has 4 aromatic rings. The van der Waals surface area contributed by atoms with Gasteiger partial charge in [-0.15, -0.1) is 0 Å². The van der Waals surface area contributed by atoms with E-state index in [1.54, 1.807) is 48.7 Å². The number of pyridine rings is 1. The van der Waals surface area contributed by atoms with E-state index in [4.69, 9.17) is 25.8 Å². The molecule has 1 unspecified atom stereocenters. The van der Waals surface area contributed by atoms with Crippen LogP contribution in [0.1, 0.15) is 77.6 Å². The number of carbonyl (C=O) groups is 5. The number of nitrogens with zero attached hydrogens (tertiary/aromatic N) is 2. The zero-order chi connectivity index (χ0) is 38.6. The third-order valence-corrected chi connectivity index (χ3v) is 11.0. The molecular formula is C41H40ClFN4O8. The van der Waals surface area contributed by atoms with E-state index >= 15 is 0 Å². The van der Waals surface area contributed by atoms with E-state index in [0.29, 0.717) is 16.5 Å². The van der Waals surface area contributed by atoms with Gasteiger partial charge in [0.15, 0.2) is 0 Å². The molecule has 1 saturated heterocycles. The van der Waals surface area contributed by atoms with Gasteiger partial charge >= 0.3 is 0 Å². The molecule has 3 aromatic carbocycles. The summed E-state index contributed by atoms with van der Waals surface area (Å²) in [6.45, 7) is 2.51. The monoisotopic (exact) mass is 770 g/mol. The van der Waals surface area contributed by atoms with Crippen LogP contribution in [0.3, 0.4) is 0 Å².